The Bertz CT molecular complexity index is 1050. The van der Waals surface area contributed by atoms with Gasteiger partial charge in [0.25, 0.3) is 5.91 Å². The molecule has 0 aliphatic rings. The van der Waals surface area contributed by atoms with Crippen LogP contribution in [0.5, 0.6) is 0 Å². The summed E-state index contributed by atoms with van der Waals surface area (Å²) in [6, 6.07) is 20.2. The van der Waals surface area contributed by atoms with Crippen LogP contribution in [0, 0.1) is 11.3 Å². The summed E-state index contributed by atoms with van der Waals surface area (Å²) in [5.74, 6) is -0.543. The maximum absolute atomic E-state index is 12.3. The Morgan fingerprint density at radius 2 is 1.77 bits per heavy atom. The summed E-state index contributed by atoms with van der Waals surface area (Å²) in [6.45, 7) is 0. The minimum atomic E-state index is -0.543. The molecule has 0 heterocycles. The van der Waals surface area contributed by atoms with Gasteiger partial charge in [0.2, 0.25) is 0 Å². The molecular formula is C20H13Cl2N3O. The Labute approximate surface area is 160 Å². The maximum Gasteiger partial charge on any atom is 0.267 e. The Balaban J connectivity index is 1.80. The molecular weight excluding hydrogens is 369 g/mol. The van der Waals surface area contributed by atoms with Crippen LogP contribution in [0.1, 0.15) is 0 Å². The Hall–Kier alpha value is -3.00. The first kappa shape index (κ1) is 17.8. The van der Waals surface area contributed by atoms with E-state index in [0.717, 1.165) is 16.5 Å². The lowest BCUT2D eigenvalue weighted by molar-refractivity contribution is -0.112. The number of halogens is 2. The van der Waals surface area contributed by atoms with E-state index in [2.05, 4.69) is 10.6 Å². The first-order valence-electron chi connectivity index (χ1n) is 7.69. The average molecular weight is 382 g/mol. The van der Waals surface area contributed by atoms with E-state index in [0.29, 0.717) is 15.7 Å². The van der Waals surface area contributed by atoms with Crippen LogP contribution in [0.3, 0.4) is 0 Å². The number of nitriles is 1. The lowest BCUT2D eigenvalue weighted by Gasteiger charge is -2.08. The molecule has 0 radical (unpaired) electrons. The van der Waals surface area contributed by atoms with Crippen molar-refractivity contribution in [3.05, 3.63) is 82.5 Å². The zero-order valence-electron chi connectivity index (χ0n) is 13.5. The standard InChI is InChI=1S/C20H13Cl2N3O/c21-17-9-8-15(10-18(17)22)25-20(26)14(11-23)12-24-19-7-3-5-13-4-1-2-6-16(13)19/h1-10,12,24H,(H,25,26)/b14-12-. The third kappa shape index (κ3) is 3.97. The third-order valence-electron chi connectivity index (χ3n) is 3.70. The molecule has 0 aliphatic carbocycles. The molecule has 128 valence electrons. The van der Waals surface area contributed by atoms with Crippen molar-refractivity contribution in [1.29, 1.82) is 5.26 Å². The van der Waals surface area contributed by atoms with Crippen LogP contribution in [0.4, 0.5) is 11.4 Å². The number of benzene rings is 3. The van der Waals surface area contributed by atoms with Crippen LogP contribution in [0.15, 0.2) is 72.4 Å². The van der Waals surface area contributed by atoms with Gasteiger partial charge in [0.1, 0.15) is 11.6 Å². The van der Waals surface area contributed by atoms with Crippen molar-refractivity contribution in [3.8, 4) is 6.07 Å². The fraction of sp³-hybridized carbons (Fsp3) is 0. The van der Waals surface area contributed by atoms with Crippen molar-refractivity contribution in [2.45, 2.75) is 0 Å². The molecule has 4 nitrogen and oxygen atoms in total. The molecule has 0 bridgehead atoms. The number of hydrogen-bond acceptors (Lipinski definition) is 3. The zero-order chi connectivity index (χ0) is 18.5. The van der Waals surface area contributed by atoms with Crippen LogP contribution in [-0.2, 0) is 4.79 Å². The lowest BCUT2D eigenvalue weighted by Crippen LogP contribution is -2.14. The van der Waals surface area contributed by atoms with E-state index in [1.165, 1.54) is 12.3 Å². The summed E-state index contributed by atoms with van der Waals surface area (Å²) in [4.78, 5) is 12.3. The Kier molecular flexibility index (Phi) is 5.43. The molecule has 0 aromatic heterocycles. The van der Waals surface area contributed by atoms with Crippen molar-refractivity contribution in [3.63, 3.8) is 0 Å². The Morgan fingerprint density at radius 1 is 1.00 bits per heavy atom. The predicted octanol–water partition coefficient (Wildman–Crippen LogP) is 5.60. The summed E-state index contributed by atoms with van der Waals surface area (Å²) >= 11 is 11.8. The maximum atomic E-state index is 12.3. The number of hydrogen-bond donors (Lipinski definition) is 2. The first-order chi connectivity index (χ1) is 12.6. The normalized spacial score (nSPS) is 11.0. The number of amides is 1. The first-order valence-corrected chi connectivity index (χ1v) is 8.45. The van der Waals surface area contributed by atoms with Crippen molar-refractivity contribution >= 4 is 51.3 Å². The summed E-state index contributed by atoms with van der Waals surface area (Å²) in [5.41, 5.74) is 1.19. The van der Waals surface area contributed by atoms with E-state index in [1.54, 1.807) is 12.1 Å². The van der Waals surface area contributed by atoms with Gasteiger partial charge in [-0.2, -0.15) is 5.26 Å². The van der Waals surface area contributed by atoms with E-state index in [-0.39, 0.29) is 5.57 Å². The molecule has 0 saturated heterocycles. The topological polar surface area (TPSA) is 64.9 Å². The monoisotopic (exact) mass is 381 g/mol. The van der Waals surface area contributed by atoms with Crippen molar-refractivity contribution in [1.82, 2.24) is 0 Å². The second-order valence-corrected chi connectivity index (χ2v) is 6.24. The van der Waals surface area contributed by atoms with Crippen LogP contribution >= 0.6 is 23.2 Å². The minimum absolute atomic E-state index is 0.0657. The zero-order valence-corrected chi connectivity index (χ0v) is 15.0. The second kappa shape index (κ2) is 7.92. The summed E-state index contributed by atoms with van der Waals surface area (Å²) in [7, 11) is 0. The molecule has 3 rings (SSSR count). The van der Waals surface area contributed by atoms with Gasteiger partial charge in [0.05, 0.1) is 10.0 Å². The van der Waals surface area contributed by atoms with Crippen LogP contribution < -0.4 is 10.6 Å². The van der Waals surface area contributed by atoms with Gasteiger partial charge in [0.15, 0.2) is 0 Å². The third-order valence-corrected chi connectivity index (χ3v) is 4.44. The summed E-state index contributed by atoms with van der Waals surface area (Å²) in [5, 5.41) is 17.7. The van der Waals surface area contributed by atoms with Crippen molar-refractivity contribution < 1.29 is 4.79 Å². The highest BCUT2D eigenvalue weighted by atomic mass is 35.5. The molecule has 3 aromatic carbocycles. The highest BCUT2D eigenvalue weighted by molar-refractivity contribution is 6.42. The predicted molar refractivity (Wildman–Crippen MR) is 106 cm³/mol. The number of nitrogens with zero attached hydrogens (tertiary/aromatic N) is 1. The molecule has 2 N–H and O–H groups in total. The number of carbonyl (C=O) groups excluding carboxylic acids is 1. The van der Waals surface area contributed by atoms with E-state index >= 15 is 0 Å². The van der Waals surface area contributed by atoms with Gasteiger partial charge < -0.3 is 10.6 Å². The Morgan fingerprint density at radius 3 is 2.54 bits per heavy atom. The fourth-order valence-corrected chi connectivity index (χ4v) is 2.72. The average Bonchev–Trinajstić information content (AvgIpc) is 2.65. The van der Waals surface area contributed by atoms with Crippen LogP contribution in [0.2, 0.25) is 10.0 Å². The van der Waals surface area contributed by atoms with E-state index in [9.17, 15) is 10.1 Å². The van der Waals surface area contributed by atoms with Gasteiger partial charge in [-0.1, -0.05) is 59.6 Å². The van der Waals surface area contributed by atoms with E-state index in [4.69, 9.17) is 23.2 Å². The molecule has 0 spiro atoms. The van der Waals surface area contributed by atoms with E-state index in [1.807, 2.05) is 48.5 Å². The molecule has 1 amide bonds. The number of fused-ring (bicyclic) bond motifs is 1. The summed E-state index contributed by atoms with van der Waals surface area (Å²) in [6.07, 6.45) is 1.38. The van der Waals surface area contributed by atoms with Gasteiger partial charge in [0, 0.05) is 23.0 Å². The van der Waals surface area contributed by atoms with Crippen molar-refractivity contribution in [2.24, 2.45) is 0 Å². The number of anilines is 2. The van der Waals surface area contributed by atoms with Crippen molar-refractivity contribution in [2.75, 3.05) is 10.6 Å². The van der Waals surface area contributed by atoms with Crippen LogP contribution in [-0.4, -0.2) is 5.91 Å². The molecule has 0 fully saturated rings. The molecule has 26 heavy (non-hydrogen) atoms. The van der Waals surface area contributed by atoms with Gasteiger partial charge in [-0.25, -0.2) is 0 Å². The van der Waals surface area contributed by atoms with E-state index < -0.39 is 5.91 Å². The quantitative estimate of drug-likeness (QED) is 0.456. The molecule has 0 atom stereocenters. The number of carbonyl (C=O) groups is 1. The SMILES string of the molecule is N#C/C(=C/Nc1cccc2ccccc12)C(=O)Nc1ccc(Cl)c(Cl)c1. The molecule has 3 aromatic rings. The number of rotatable bonds is 4. The van der Waals surface area contributed by atoms with Gasteiger partial charge in [-0.05, 0) is 29.7 Å². The molecule has 0 unspecified atom stereocenters. The van der Waals surface area contributed by atoms with Gasteiger partial charge in [-0.15, -0.1) is 0 Å². The lowest BCUT2D eigenvalue weighted by atomic mass is 10.1. The smallest absolute Gasteiger partial charge is 0.267 e. The largest absolute Gasteiger partial charge is 0.360 e. The second-order valence-electron chi connectivity index (χ2n) is 5.42. The number of nitrogens with one attached hydrogen (secondary N) is 2. The van der Waals surface area contributed by atoms with Gasteiger partial charge >= 0.3 is 0 Å². The highest BCUT2D eigenvalue weighted by Crippen LogP contribution is 2.25. The van der Waals surface area contributed by atoms with Gasteiger partial charge in [-0.3, -0.25) is 4.79 Å². The van der Waals surface area contributed by atoms with Crippen LogP contribution in [0.25, 0.3) is 10.8 Å². The minimum Gasteiger partial charge on any atom is -0.360 e. The summed E-state index contributed by atoms with van der Waals surface area (Å²) < 4.78 is 0. The molecule has 0 saturated carbocycles. The molecule has 0 aliphatic heterocycles. The molecule has 6 heteroatoms. The fourth-order valence-electron chi connectivity index (χ4n) is 2.42. The highest BCUT2D eigenvalue weighted by Gasteiger charge is 2.10.